The fourth-order valence-corrected chi connectivity index (χ4v) is 5.54. The minimum absolute atomic E-state index is 0.204. The predicted octanol–water partition coefficient (Wildman–Crippen LogP) is 2.79. The van der Waals surface area contributed by atoms with E-state index in [4.69, 9.17) is 0 Å². The molecule has 0 aromatic heterocycles. The van der Waals surface area contributed by atoms with E-state index in [9.17, 15) is 4.79 Å². The Hall–Kier alpha value is 0.170. The smallest absolute Gasteiger partial charge is 0.225 e. The number of carbonyl (C=O) groups excluding carboxylic acids is 1. The Bertz CT molecular complexity index is 278. The lowest BCUT2D eigenvalue weighted by Gasteiger charge is -2.36. The van der Waals surface area contributed by atoms with Crippen molar-refractivity contribution in [3.63, 3.8) is 0 Å². The van der Waals surface area contributed by atoms with E-state index in [-0.39, 0.29) is 4.75 Å². The second-order valence-electron chi connectivity index (χ2n) is 5.13. The van der Waals surface area contributed by atoms with Crippen LogP contribution in [0.4, 0.5) is 0 Å². The molecule has 2 aliphatic rings. The molecular formula is C11H19NOS2. The highest BCUT2D eigenvalue weighted by Gasteiger charge is 2.51. The van der Waals surface area contributed by atoms with Gasteiger partial charge in [0.2, 0.25) is 5.91 Å². The van der Waals surface area contributed by atoms with Gasteiger partial charge in [-0.2, -0.15) is 0 Å². The maximum atomic E-state index is 12.0. The van der Waals surface area contributed by atoms with Crippen LogP contribution in [0.2, 0.25) is 0 Å². The molecule has 2 aliphatic heterocycles. The van der Waals surface area contributed by atoms with Gasteiger partial charge in [0.05, 0.1) is 10.7 Å². The molecule has 0 saturated carbocycles. The molecule has 2 rings (SSSR count). The third kappa shape index (κ3) is 1.91. The summed E-state index contributed by atoms with van der Waals surface area (Å²) in [6.07, 6.45) is 0.723. The van der Waals surface area contributed by atoms with Crippen LogP contribution in [0, 0.1) is 5.92 Å². The Morgan fingerprint density at radius 2 is 2.13 bits per heavy atom. The van der Waals surface area contributed by atoms with Crippen LogP contribution in [0.25, 0.3) is 0 Å². The van der Waals surface area contributed by atoms with Gasteiger partial charge in [-0.3, -0.25) is 4.79 Å². The lowest BCUT2D eigenvalue weighted by atomic mass is 10.1. The monoisotopic (exact) mass is 245 g/mol. The summed E-state index contributed by atoms with van der Waals surface area (Å²) in [6.45, 7) is 8.96. The van der Waals surface area contributed by atoms with Crippen LogP contribution in [-0.4, -0.2) is 32.1 Å². The average Bonchev–Trinajstić information content (AvgIpc) is 2.40. The minimum Gasteiger partial charge on any atom is -0.317 e. The maximum absolute atomic E-state index is 12.0. The van der Waals surface area contributed by atoms with Gasteiger partial charge >= 0.3 is 0 Å². The van der Waals surface area contributed by atoms with Crippen LogP contribution in [0.1, 0.15) is 34.1 Å². The van der Waals surface area contributed by atoms with Crippen LogP contribution >= 0.6 is 23.5 Å². The van der Waals surface area contributed by atoms with Crippen LogP contribution < -0.4 is 0 Å². The molecule has 0 aromatic rings. The Labute approximate surface area is 101 Å². The SMILES string of the molecule is CC(C)[C@H]1SC(C)(C)[C@H]2SCCC(=O)N12. The molecule has 86 valence electrons. The number of nitrogens with zero attached hydrogens (tertiary/aromatic N) is 1. The molecule has 0 spiro atoms. The highest BCUT2D eigenvalue weighted by Crippen LogP contribution is 2.52. The summed E-state index contributed by atoms with van der Waals surface area (Å²) in [5.41, 5.74) is 0. The molecule has 0 aromatic carbocycles. The lowest BCUT2D eigenvalue weighted by Crippen LogP contribution is -2.48. The van der Waals surface area contributed by atoms with Crippen molar-refractivity contribution in [3.8, 4) is 0 Å². The second-order valence-corrected chi connectivity index (χ2v) is 8.09. The van der Waals surface area contributed by atoms with E-state index in [1.54, 1.807) is 0 Å². The summed E-state index contributed by atoms with van der Waals surface area (Å²) in [7, 11) is 0. The maximum Gasteiger partial charge on any atom is 0.225 e. The number of rotatable bonds is 1. The van der Waals surface area contributed by atoms with Gasteiger partial charge in [-0.1, -0.05) is 13.8 Å². The zero-order valence-electron chi connectivity index (χ0n) is 9.82. The first-order valence-electron chi connectivity index (χ1n) is 5.54. The normalized spacial score (nSPS) is 34.7. The Kier molecular flexibility index (Phi) is 3.01. The van der Waals surface area contributed by atoms with Crippen molar-refractivity contribution >= 4 is 29.4 Å². The number of thioether (sulfide) groups is 2. The number of amides is 1. The summed E-state index contributed by atoms with van der Waals surface area (Å²) in [4.78, 5) is 14.1. The highest BCUT2D eigenvalue weighted by atomic mass is 32.2. The van der Waals surface area contributed by atoms with Gasteiger partial charge < -0.3 is 4.90 Å². The topological polar surface area (TPSA) is 20.3 Å². The highest BCUT2D eigenvalue weighted by molar-refractivity contribution is 8.05. The van der Waals surface area contributed by atoms with Crippen molar-refractivity contribution in [2.24, 2.45) is 5.92 Å². The number of hydrogen-bond donors (Lipinski definition) is 0. The third-order valence-corrected chi connectivity index (χ3v) is 6.56. The Balaban J connectivity index is 2.28. The zero-order chi connectivity index (χ0) is 11.2. The molecular weight excluding hydrogens is 226 g/mol. The first-order valence-corrected chi connectivity index (χ1v) is 7.47. The number of fused-ring (bicyclic) bond motifs is 1. The van der Waals surface area contributed by atoms with Crippen molar-refractivity contribution in [1.29, 1.82) is 0 Å². The molecule has 2 nitrogen and oxygen atoms in total. The number of carbonyl (C=O) groups is 1. The summed E-state index contributed by atoms with van der Waals surface area (Å²) >= 11 is 3.92. The Morgan fingerprint density at radius 3 is 2.73 bits per heavy atom. The standard InChI is InChI=1S/C11H19NOS2/c1-7(2)9-12-8(13)5-6-14-10(12)11(3,4)15-9/h7,9-10H,5-6H2,1-4H3/t9-,10-/m1/s1. The first kappa shape index (κ1) is 11.6. The van der Waals surface area contributed by atoms with E-state index in [1.165, 1.54) is 0 Å². The van der Waals surface area contributed by atoms with Gasteiger partial charge in [-0.05, 0) is 19.8 Å². The largest absolute Gasteiger partial charge is 0.317 e. The van der Waals surface area contributed by atoms with E-state index in [0.717, 1.165) is 12.2 Å². The van der Waals surface area contributed by atoms with Gasteiger partial charge in [0.1, 0.15) is 0 Å². The molecule has 0 aliphatic carbocycles. The molecule has 1 amide bonds. The predicted molar refractivity (Wildman–Crippen MR) is 68.0 cm³/mol. The van der Waals surface area contributed by atoms with Gasteiger partial charge in [0.25, 0.3) is 0 Å². The van der Waals surface area contributed by atoms with Crippen molar-refractivity contribution in [2.75, 3.05) is 5.75 Å². The molecule has 4 heteroatoms. The van der Waals surface area contributed by atoms with Crippen LogP contribution in [0.3, 0.4) is 0 Å². The summed E-state index contributed by atoms with van der Waals surface area (Å²) < 4.78 is 0.204. The lowest BCUT2D eigenvalue weighted by molar-refractivity contribution is -0.133. The molecule has 2 heterocycles. The average molecular weight is 245 g/mol. The molecule has 2 fully saturated rings. The van der Waals surface area contributed by atoms with Gasteiger partial charge in [-0.15, -0.1) is 23.5 Å². The van der Waals surface area contributed by atoms with Crippen molar-refractivity contribution in [1.82, 2.24) is 4.90 Å². The molecule has 0 radical (unpaired) electrons. The van der Waals surface area contributed by atoms with Crippen molar-refractivity contribution < 1.29 is 4.79 Å². The quantitative estimate of drug-likeness (QED) is 0.708. The van der Waals surface area contributed by atoms with Crippen LogP contribution in [-0.2, 0) is 4.79 Å². The first-order chi connectivity index (χ1) is 6.93. The van der Waals surface area contributed by atoms with E-state index in [0.29, 0.717) is 22.6 Å². The van der Waals surface area contributed by atoms with E-state index in [2.05, 4.69) is 32.6 Å². The van der Waals surface area contributed by atoms with Crippen molar-refractivity contribution in [3.05, 3.63) is 0 Å². The van der Waals surface area contributed by atoms with E-state index < -0.39 is 0 Å². The molecule has 15 heavy (non-hydrogen) atoms. The second kappa shape index (κ2) is 3.88. The fraction of sp³-hybridized carbons (Fsp3) is 0.909. The van der Waals surface area contributed by atoms with E-state index in [1.807, 2.05) is 23.5 Å². The molecule has 2 atom stereocenters. The van der Waals surface area contributed by atoms with Crippen LogP contribution in [0.5, 0.6) is 0 Å². The van der Waals surface area contributed by atoms with Crippen molar-refractivity contribution in [2.45, 2.75) is 49.6 Å². The third-order valence-electron chi connectivity index (χ3n) is 3.00. The molecule has 0 bridgehead atoms. The van der Waals surface area contributed by atoms with Gasteiger partial charge in [-0.25, -0.2) is 0 Å². The van der Waals surface area contributed by atoms with Gasteiger partial charge in [0, 0.05) is 16.9 Å². The zero-order valence-corrected chi connectivity index (χ0v) is 11.5. The van der Waals surface area contributed by atoms with E-state index >= 15 is 0 Å². The van der Waals surface area contributed by atoms with Crippen LogP contribution in [0.15, 0.2) is 0 Å². The molecule has 0 N–H and O–H groups in total. The summed E-state index contributed by atoms with van der Waals surface area (Å²) in [6, 6.07) is 0. The Morgan fingerprint density at radius 1 is 1.47 bits per heavy atom. The van der Waals surface area contributed by atoms with Gasteiger partial charge in [0.15, 0.2) is 0 Å². The summed E-state index contributed by atoms with van der Waals surface area (Å²) in [5, 5.41) is 0.765. The molecule has 0 unspecified atom stereocenters. The summed E-state index contributed by atoms with van der Waals surface area (Å²) in [5.74, 6) is 1.90. The minimum atomic E-state index is 0.204. The fourth-order valence-electron chi connectivity index (χ4n) is 2.29. The number of hydrogen-bond acceptors (Lipinski definition) is 3. The molecule has 2 saturated heterocycles.